The Morgan fingerprint density at radius 1 is 1.29 bits per heavy atom. The number of nitrogens with zero attached hydrogens (tertiary/aromatic N) is 2. The van der Waals surface area contributed by atoms with E-state index < -0.39 is 0 Å². The smallest absolute Gasteiger partial charge is 0.191 e. The molecule has 6 heteroatoms. The molecule has 0 spiro atoms. The van der Waals surface area contributed by atoms with E-state index in [0.717, 1.165) is 38.4 Å². The first-order chi connectivity index (χ1) is 11.2. The van der Waals surface area contributed by atoms with E-state index in [1.165, 1.54) is 24.9 Å². The summed E-state index contributed by atoms with van der Waals surface area (Å²) in [5.74, 6) is 1.21. The van der Waals surface area contributed by atoms with Crippen molar-refractivity contribution in [2.75, 3.05) is 33.2 Å². The molecule has 1 aromatic rings. The van der Waals surface area contributed by atoms with Gasteiger partial charge in [-0.05, 0) is 56.5 Å². The molecular formula is C18H31IN4O. The van der Waals surface area contributed by atoms with Crippen LogP contribution in [-0.2, 0) is 6.42 Å². The van der Waals surface area contributed by atoms with Gasteiger partial charge < -0.3 is 15.7 Å². The van der Waals surface area contributed by atoms with Crippen molar-refractivity contribution in [3.05, 3.63) is 29.8 Å². The van der Waals surface area contributed by atoms with Crippen LogP contribution in [0.15, 0.2) is 29.3 Å². The van der Waals surface area contributed by atoms with Crippen LogP contribution in [0.2, 0.25) is 0 Å². The number of aryl methyl sites for hydroxylation is 1. The highest BCUT2D eigenvalue weighted by Crippen LogP contribution is 2.15. The number of phenols is 1. The van der Waals surface area contributed by atoms with Gasteiger partial charge in [0, 0.05) is 26.2 Å². The fourth-order valence-corrected chi connectivity index (χ4v) is 3.14. The summed E-state index contributed by atoms with van der Waals surface area (Å²) in [6.45, 7) is 6.44. The number of aliphatic imine (C=N–C) groups is 1. The summed E-state index contributed by atoms with van der Waals surface area (Å²) in [6, 6.07) is 8.06. The van der Waals surface area contributed by atoms with Crippen molar-refractivity contribution in [3.8, 4) is 5.75 Å². The topological polar surface area (TPSA) is 59.9 Å². The lowest BCUT2D eigenvalue weighted by Crippen LogP contribution is -2.45. The van der Waals surface area contributed by atoms with Crippen LogP contribution in [0.4, 0.5) is 0 Å². The van der Waals surface area contributed by atoms with Crippen LogP contribution >= 0.6 is 24.0 Å². The predicted molar refractivity (Wildman–Crippen MR) is 111 cm³/mol. The maximum Gasteiger partial charge on any atom is 0.191 e. The highest BCUT2D eigenvalue weighted by atomic mass is 127. The van der Waals surface area contributed by atoms with Crippen molar-refractivity contribution in [1.29, 1.82) is 0 Å². The SMILES string of the molecule is CCN1CCCC1CNC(=NC)NCCCc1ccc(O)cc1.I. The normalized spacial score (nSPS) is 18.2. The Hall–Kier alpha value is -1.02. The summed E-state index contributed by atoms with van der Waals surface area (Å²) in [7, 11) is 1.82. The van der Waals surface area contributed by atoms with E-state index >= 15 is 0 Å². The molecule has 1 heterocycles. The van der Waals surface area contributed by atoms with Gasteiger partial charge in [-0.25, -0.2) is 0 Å². The monoisotopic (exact) mass is 446 g/mol. The van der Waals surface area contributed by atoms with E-state index in [2.05, 4.69) is 27.4 Å². The van der Waals surface area contributed by atoms with Crippen LogP contribution in [-0.4, -0.2) is 55.2 Å². The molecule has 0 amide bonds. The molecule has 1 unspecified atom stereocenters. The molecular weight excluding hydrogens is 415 g/mol. The van der Waals surface area contributed by atoms with Gasteiger partial charge in [0.05, 0.1) is 0 Å². The number of hydrogen-bond donors (Lipinski definition) is 3. The average molecular weight is 446 g/mol. The molecule has 1 atom stereocenters. The lowest BCUT2D eigenvalue weighted by molar-refractivity contribution is 0.267. The first kappa shape index (κ1) is 21.0. The number of guanidine groups is 1. The zero-order valence-corrected chi connectivity index (χ0v) is 17.1. The first-order valence-electron chi connectivity index (χ1n) is 8.69. The fourth-order valence-electron chi connectivity index (χ4n) is 3.14. The Balaban J connectivity index is 0.00000288. The minimum absolute atomic E-state index is 0. The van der Waals surface area contributed by atoms with Crippen LogP contribution in [0.3, 0.4) is 0 Å². The van der Waals surface area contributed by atoms with E-state index in [-0.39, 0.29) is 24.0 Å². The summed E-state index contributed by atoms with van der Waals surface area (Å²) in [5.41, 5.74) is 1.25. The number of aromatic hydroxyl groups is 1. The average Bonchev–Trinajstić information content (AvgIpc) is 3.03. The highest BCUT2D eigenvalue weighted by Gasteiger charge is 2.22. The second-order valence-corrected chi connectivity index (χ2v) is 6.07. The molecule has 5 nitrogen and oxygen atoms in total. The summed E-state index contributed by atoms with van der Waals surface area (Å²) < 4.78 is 0. The van der Waals surface area contributed by atoms with Gasteiger partial charge in [-0.15, -0.1) is 24.0 Å². The summed E-state index contributed by atoms with van der Waals surface area (Å²) in [4.78, 5) is 6.83. The van der Waals surface area contributed by atoms with Gasteiger partial charge in [0.1, 0.15) is 5.75 Å². The first-order valence-corrected chi connectivity index (χ1v) is 8.69. The second kappa shape index (κ2) is 11.5. The zero-order chi connectivity index (χ0) is 16.5. The molecule has 1 fully saturated rings. The number of likely N-dealkylation sites (N-methyl/N-ethyl adjacent to an activating group) is 1. The van der Waals surface area contributed by atoms with Crippen molar-refractivity contribution < 1.29 is 5.11 Å². The van der Waals surface area contributed by atoms with Gasteiger partial charge in [0.25, 0.3) is 0 Å². The van der Waals surface area contributed by atoms with Gasteiger partial charge >= 0.3 is 0 Å². The maximum absolute atomic E-state index is 9.28. The molecule has 0 aliphatic carbocycles. The van der Waals surface area contributed by atoms with E-state index in [4.69, 9.17) is 0 Å². The maximum atomic E-state index is 9.28. The molecule has 24 heavy (non-hydrogen) atoms. The lowest BCUT2D eigenvalue weighted by Gasteiger charge is -2.24. The second-order valence-electron chi connectivity index (χ2n) is 6.07. The Kier molecular flexibility index (Phi) is 10.1. The molecule has 136 valence electrons. The van der Waals surface area contributed by atoms with Gasteiger partial charge in [-0.2, -0.15) is 0 Å². The van der Waals surface area contributed by atoms with E-state index in [1.54, 1.807) is 12.1 Å². The number of likely N-dealkylation sites (tertiary alicyclic amines) is 1. The quantitative estimate of drug-likeness (QED) is 0.261. The molecule has 1 saturated heterocycles. The number of halogens is 1. The number of benzene rings is 1. The van der Waals surface area contributed by atoms with Crippen molar-refractivity contribution >= 4 is 29.9 Å². The standard InChI is InChI=1S/C18H30N4O.HI/c1-3-22-13-5-7-16(22)14-21-18(19-2)20-12-4-6-15-8-10-17(23)11-9-15;/h8-11,16,23H,3-7,12-14H2,1-2H3,(H2,19,20,21);1H. The lowest BCUT2D eigenvalue weighted by atomic mass is 10.1. The molecule has 0 bridgehead atoms. The van der Waals surface area contributed by atoms with Gasteiger partial charge in [-0.3, -0.25) is 9.89 Å². The van der Waals surface area contributed by atoms with Crippen molar-refractivity contribution in [2.45, 2.75) is 38.6 Å². The van der Waals surface area contributed by atoms with Crippen molar-refractivity contribution in [1.82, 2.24) is 15.5 Å². The highest BCUT2D eigenvalue weighted by molar-refractivity contribution is 14.0. The molecule has 2 rings (SSSR count). The fraction of sp³-hybridized carbons (Fsp3) is 0.611. The molecule has 1 aromatic carbocycles. The van der Waals surface area contributed by atoms with E-state index in [1.807, 2.05) is 19.2 Å². The van der Waals surface area contributed by atoms with Crippen LogP contribution in [0.5, 0.6) is 5.75 Å². The molecule has 3 N–H and O–H groups in total. The van der Waals surface area contributed by atoms with Gasteiger partial charge in [-0.1, -0.05) is 19.1 Å². The van der Waals surface area contributed by atoms with E-state index in [0.29, 0.717) is 11.8 Å². The minimum Gasteiger partial charge on any atom is -0.508 e. The van der Waals surface area contributed by atoms with Crippen LogP contribution in [0.1, 0.15) is 31.7 Å². The Morgan fingerprint density at radius 2 is 2.04 bits per heavy atom. The third-order valence-electron chi connectivity index (χ3n) is 4.51. The van der Waals surface area contributed by atoms with Crippen LogP contribution in [0, 0.1) is 0 Å². The molecule has 1 aliphatic rings. The van der Waals surface area contributed by atoms with Crippen molar-refractivity contribution in [2.24, 2.45) is 4.99 Å². The summed E-state index contributed by atoms with van der Waals surface area (Å²) in [6.07, 6.45) is 4.62. The number of phenolic OH excluding ortho intramolecular Hbond substituents is 1. The number of hydrogen-bond acceptors (Lipinski definition) is 3. The largest absolute Gasteiger partial charge is 0.508 e. The van der Waals surface area contributed by atoms with Gasteiger partial charge in [0.2, 0.25) is 0 Å². The third kappa shape index (κ3) is 6.84. The zero-order valence-electron chi connectivity index (χ0n) is 14.8. The number of rotatable bonds is 7. The molecule has 1 aliphatic heterocycles. The van der Waals surface area contributed by atoms with Crippen LogP contribution < -0.4 is 10.6 Å². The molecule has 0 aromatic heterocycles. The Morgan fingerprint density at radius 3 is 2.71 bits per heavy atom. The van der Waals surface area contributed by atoms with E-state index in [9.17, 15) is 5.11 Å². The minimum atomic E-state index is 0. The molecule has 0 radical (unpaired) electrons. The van der Waals surface area contributed by atoms with Gasteiger partial charge in [0.15, 0.2) is 5.96 Å². The van der Waals surface area contributed by atoms with Crippen molar-refractivity contribution in [3.63, 3.8) is 0 Å². The summed E-state index contributed by atoms with van der Waals surface area (Å²) >= 11 is 0. The number of nitrogens with one attached hydrogen (secondary N) is 2. The molecule has 0 saturated carbocycles. The Bertz CT molecular complexity index is 492. The third-order valence-corrected chi connectivity index (χ3v) is 4.51. The predicted octanol–water partition coefficient (Wildman–Crippen LogP) is 2.59. The van der Waals surface area contributed by atoms with Crippen LogP contribution in [0.25, 0.3) is 0 Å². The summed E-state index contributed by atoms with van der Waals surface area (Å²) in [5, 5.41) is 16.1. The Labute approximate surface area is 162 Å².